The van der Waals surface area contributed by atoms with Crippen LogP contribution in [0.2, 0.25) is 0 Å². The number of fused-ring (bicyclic) bond motifs is 1. The highest BCUT2D eigenvalue weighted by Gasteiger charge is 2.39. The SMILES string of the molecule is Cc1nc(N)ccc1CNC(=O)[C@H](C)NC(=O)[C@H]1C[C@H](Cc2cc3ccccc3s2)CN1.O=C(O)C(F)(F)F.O=C(O)C(F)(F)F. The molecule has 2 amide bonds. The minimum absolute atomic E-state index is 0.128. The molecule has 1 saturated heterocycles. The first-order valence-corrected chi connectivity index (χ1v) is 14.2. The molecule has 2 aromatic heterocycles. The number of aryl methyl sites for hydroxylation is 1. The van der Waals surface area contributed by atoms with E-state index in [1.807, 2.05) is 24.3 Å². The zero-order chi connectivity index (χ0) is 34.8. The number of carboxylic acids is 2. The van der Waals surface area contributed by atoms with Crippen LogP contribution in [0, 0.1) is 12.8 Å². The number of nitrogens with two attached hydrogens (primary N) is 1. The molecule has 46 heavy (non-hydrogen) atoms. The van der Waals surface area contributed by atoms with Gasteiger partial charge in [-0.05, 0) is 68.3 Å². The number of aliphatic carboxylic acids is 2. The number of nitrogens with zero attached hydrogens (tertiary/aromatic N) is 1. The van der Waals surface area contributed by atoms with Crippen LogP contribution >= 0.6 is 11.3 Å². The predicted octanol–water partition coefficient (Wildman–Crippen LogP) is 3.80. The van der Waals surface area contributed by atoms with Crippen LogP contribution < -0.4 is 21.7 Å². The normalized spacial score (nSPS) is 16.7. The zero-order valence-electron chi connectivity index (χ0n) is 24.3. The van der Waals surface area contributed by atoms with Crippen LogP contribution in [0.25, 0.3) is 10.1 Å². The number of aromatic nitrogens is 1. The van der Waals surface area contributed by atoms with Crippen molar-refractivity contribution in [2.24, 2.45) is 5.92 Å². The Morgan fingerprint density at radius 3 is 2.17 bits per heavy atom. The highest BCUT2D eigenvalue weighted by molar-refractivity contribution is 7.19. The van der Waals surface area contributed by atoms with Gasteiger partial charge in [0.25, 0.3) is 0 Å². The number of hydrogen-bond acceptors (Lipinski definition) is 8. The van der Waals surface area contributed by atoms with E-state index < -0.39 is 30.3 Å². The molecular weight excluding hydrogens is 648 g/mol. The van der Waals surface area contributed by atoms with Gasteiger partial charge in [0, 0.05) is 21.8 Å². The molecule has 0 unspecified atom stereocenters. The Morgan fingerprint density at radius 1 is 1.04 bits per heavy atom. The molecule has 0 spiro atoms. The van der Waals surface area contributed by atoms with E-state index in [-0.39, 0.29) is 17.9 Å². The maximum Gasteiger partial charge on any atom is 0.490 e. The molecule has 3 atom stereocenters. The van der Waals surface area contributed by atoms with Crippen LogP contribution in [0.5, 0.6) is 0 Å². The molecule has 3 aromatic rings. The second-order valence-electron chi connectivity index (χ2n) is 10.1. The fraction of sp³-hybridized carbons (Fsp3) is 0.393. The van der Waals surface area contributed by atoms with Crippen LogP contribution in [-0.2, 0) is 32.1 Å². The van der Waals surface area contributed by atoms with E-state index >= 15 is 0 Å². The fourth-order valence-corrected chi connectivity index (χ4v) is 5.28. The van der Waals surface area contributed by atoms with Gasteiger partial charge in [-0.15, -0.1) is 11.3 Å². The lowest BCUT2D eigenvalue weighted by Crippen LogP contribution is -2.50. The van der Waals surface area contributed by atoms with Gasteiger partial charge in [0.05, 0.1) is 6.04 Å². The number of alkyl halides is 6. The standard InChI is InChI=1S/C24H29N5O2S.2C2HF3O2/c1-14-18(7-8-22(25)28-14)13-27-23(30)15(2)29-24(31)20-10-16(12-26-20)9-19-11-17-5-3-4-6-21(17)32-19;2*3-2(4,5)1(6)7/h3-8,11,15-16,20,26H,9-10,12-13H2,1-2H3,(H2,25,28)(H,27,30)(H,29,31);2*(H,6,7)/t15-,16-,20+;;/m0../s1. The van der Waals surface area contributed by atoms with Crippen molar-refractivity contribution in [2.75, 3.05) is 12.3 Å². The lowest BCUT2D eigenvalue weighted by molar-refractivity contribution is -0.193. The number of benzene rings is 1. The van der Waals surface area contributed by atoms with Gasteiger partial charge in [0.2, 0.25) is 11.8 Å². The third kappa shape index (κ3) is 12.2. The molecule has 11 nitrogen and oxygen atoms in total. The summed E-state index contributed by atoms with van der Waals surface area (Å²) in [5.41, 5.74) is 7.34. The molecule has 1 aliphatic rings. The van der Waals surface area contributed by atoms with E-state index in [0.29, 0.717) is 18.3 Å². The number of halogens is 6. The first-order valence-electron chi connectivity index (χ1n) is 13.4. The summed E-state index contributed by atoms with van der Waals surface area (Å²) in [4.78, 5) is 48.5. The van der Waals surface area contributed by atoms with Crippen molar-refractivity contribution in [3.05, 3.63) is 58.6 Å². The number of nitrogen functional groups attached to an aromatic ring is 1. The number of thiophene rings is 1. The van der Waals surface area contributed by atoms with Gasteiger partial charge in [-0.25, -0.2) is 14.6 Å². The van der Waals surface area contributed by atoms with Crippen molar-refractivity contribution in [1.82, 2.24) is 20.9 Å². The topological polar surface area (TPSA) is 184 Å². The Bertz CT molecular complexity index is 1470. The maximum atomic E-state index is 12.7. The maximum absolute atomic E-state index is 12.7. The summed E-state index contributed by atoms with van der Waals surface area (Å²) >= 11 is 1.82. The number of anilines is 1. The summed E-state index contributed by atoms with van der Waals surface area (Å²) < 4.78 is 64.8. The van der Waals surface area contributed by atoms with Gasteiger partial charge in [-0.2, -0.15) is 26.3 Å². The van der Waals surface area contributed by atoms with E-state index in [9.17, 15) is 35.9 Å². The van der Waals surface area contributed by atoms with Crippen molar-refractivity contribution < 1.29 is 55.7 Å². The van der Waals surface area contributed by atoms with E-state index in [1.165, 1.54) is 15.0 Å². The van der Waals surface area contributed by atoms with E-state index in [1.54, 1.807) is 13.0 Å². The average Bonchev–Trinajstić information content (AvgIpc) is 3.59. The number of pyridine rings is 1. The molecule has 18 heteroatoms. The first-order chi connectivity index (χ1) is 21.3. The number of nitrogens with one attached hydrogen (secondary N) is 3. The molecule has 0 aliphatic carbocycles. The molecule has 1 fully saturated rings. The second-order valence-corrected chi connectivity index (χ2v) is 11.2. The fourth-order valence-electron chi connectivity index (χ4n) is 4.10. The van der Waals surface area contributed by atoms with Crippen LogP contribution in [0.1, 0.15) is 29.5 Å². The summed E-state index contributed by atoms with van der Waals surface area (Å²) in [6.45, 7) is 4.70. The lowest BCUT2D eigenvalue weighted by Gasteiger charge is -2.17. The van der Waals surface area contributed by atoms with Crippen LogP contribution in [-0.4, -0.2) is 69.9 Å². The van der Waals surface area contributed by atoms with Crippen molar-refractivity contribution in [3.8, 4) is 0 Å². The lowest BCUT2D eigenvalue weighted by atomic mass is 10.00. The van der Waals surface area contributed by atoms with Crippen molar-refractivity contribution in [2.45, 2.75) is 57.7 Å². The summed E-state index contributed by atoms with van der Waals surface area (Å²) in [6, 6.07) is 13.3. The second kappa shape index (κ2) is 16.2. The quantitative estimate of drug-likeness (QED) is 0.202. The van der Waals surface area contributed by atoms with E-state index in [4.69, 9.17) is 25.5 Å². The summed E-state index contributed by atoms with van der Waals surface area (Å²) in [5.74, 6) is -5.01. The van der Waals surface area contributed by atoms with Gasteiger partial charge in [0.15, 0.2) is 0 Å². The van der Waals surface area contributed by atoms with Crippen LogP contribution in [0.15, 0.2) is 42.5 Å². The molecule has 1 aliphatic heterocycles. The van der Waals surface area contributed by atoms with E-state index in [2.05, 4.69) is 51.3 Å². The van der Waals surface area contributed by atoms with Gasteiger partial charge in [-0.3, -0.25) is 9.59 Å². The molecule has 4 rings (SSSR count). The van der Waals surface area contributed by atoms with Gasteiger partial charge in [0.1, 0.15) is 11.9 Å². The first kappa shape index (κ1) is 37.7. The highest BCUT2D eigenvalue weighted by atomic mass is 32.1. The Hall–Kier alpha value is -4.45. The third-order valence-electron chi connectivity index (χ3n) is 6.41. The highest BCUT2D eigenvalue weighted by Crippen LogP contribution is 2.29. The van der Waals surface area contributed by atoms with Crippen LogP contribution in [0.4, 0.5) is 32.2 Å². The molecular formula is C28H31F6N5O6S. The monoisotopic (exact) mass is 679 g/mol. The molecule has 1 aromatic carbocycles. The van der Waals surface area contributed by atoms with Crippen LogP contribution in [0.3, 0.4) is 0 Å². The zero-order valence-corrected chi connectivity index (χ0v) is 25.1. The summed E-state index contributed by atoms with van der Waals surface area (Å²) in [5, 5.41) is 24.5. The average molecular weight is 680 g/mol. The Morgan fingerprint density at radius 2 is 1.63 bits per heavy atom. The molecule has 3 heterocycles. The van der Waals surface area contributed by atoms with Crippen molar-refractivity contribution in [3.63, 3.8) is 0 Å². The predicted molar refractivity (Wildman–Crippen MR) is 156 cm³/mol. The Labute approximate surface area is 262 Å². The Kier molecular flexibility index (Phi) is 13.3. The molecule has 252 valence electrons. The largest absolute Gasteiger partial charge is 0.490 e. The number of amides is 2. The number of carbonyl (C=O) groups excluding carboxylic acids is 2. The van der Waals surface area contributed by atoms with Crippen molar-refractivity contribution in [1.29, 1.82) is 0 Å². The van der Waals surface area contributed by atoms with Gasteiger partial charge in [-0.1, -0.05) is 24.3 Å². The summed E-state index contributed by atoms with van der Waals surface area (Å²) in [6.07, 6.45) is -8.44. The number of rotatable bonds is 7. The molecule has 0 bridgehead atoms. The van der Waals surface area contributed by atoms with E-state index in [0.717, 1.165) is 30.6 Å². The van der Waals surface area contributed by atoms with Gasteiger partial charge < -0.3 is 31.9 Å². The molecule has 0 radical (unpaired) electrons. The minimum atomic E-state index is -5.08. The Balaban J connectivity index is 0.000000440. The van der Waals surface area contributed by atoms with Crippen molar-refractivity contribution >= 4 is 51.0 Å². The number of hydrogen-bond donors (Lipinski definition) is 6. The minimum Gasteiger partial charge on any atom is -0.475 e. The number of carboxylic acid groups (broad SMARTS) is 2. The smallest absolute Gasteiger partial charge is 0.475 e. The number of carbonyl (C=O) groups is 4. The third-order valence-corrected chi connectivity index (χ3v) is 7.55. The molecule has 0 saturated carbocycles. The molecule has 7 N–H and O–H groups in total. The van der Waals surface area contributed by atoms with Gasteiger partial charge >= 0.3 is 24.3 Å². The summed E-state index contributed by atoms with van der Waals surface area (Å²) in [7, 11) is 0.